The zero-order valence-corrected chi connectivity index (χ0v) is 17.1. The van der Waals surface area contributed by atoms with Crippen LogP contribution in [-0.2, 0) is 10.0 Å². The summed E-state index contributed by atoms with van der Waals surface area (Å²) in [5.41, 5.74) is -3.92. The van der Waals surface area contributed by atoms with Gasteiger partial charge in [-0.2, -0.15) is 26.7 Å². The lowest BCUT2D eigenvalue weighted by Gasteiger charge is -2.25. The SMILES string of the molecule is C/C(=N\N(c1ccc(F)cc1)C(C)C)c1cc(C)ccc1NS(=O)(=O)C(F)(F)F. The van der Waals surface area contributed by atoms with Crippen LogP contribution in [0.1, 0.15) is 31.9 Å². The average molecular weight is 431 g/mol. The van der Waals surface area contributed by atoms with Gasteiger partial charge in [-0.3, -0.25) is 9.73 Å². The fourth-order valence-electron chi connectivity index (χ4n) is 2.53. The molecule has 0 fully saturated rings. The largest absolute Gasteiger partial charge is 0.516 e. The fraction of sp³-hybridized carbons (Fsp3) is 0.316. The molecule has 0 aliphatic heterocycles. The number of halogens is 4. The molecule has 0 aromatic heterocycles. The molecule has 0 bridgehead atoms. The lowest BCUT2D eigenvalue weighted by Crippen LogP contribution is -2.31. The zero-order chi connectivity index (χ0) is 22.0. The van der Waals surface area contributed by atoms with E-state index in [4.69, 9.17) is 0 Å². The molecular formula is C19H21F4N3O2S. The first kappa shape index (κ1) is 22.7. The Bertz CT molecular complexity index is 1000. The van der Waals surface area contributed by atoms with Crippen LogP contribution in [0.15, 0.2) is 47.6 Å². The van der Waals surface area contributed by atoms with Gasteiger partial charge in [0, 0.05) is 11.6 Å². The van der Waals surface area contributed by atoms with E-state index in [0.717, 1.165) is 0 Å². The maximum absolute atomic E-state index is 13.2. The van der Waals surface area contributed by atoms with Crippen molar-refractivity contribution in [3.05, 3.63) is 59.4 Å². The van der Waals surface area contributed by atoms with Crippen LogP contribution in [0.2, 0.25) is 0 Å². The predicted octanol–water partition coefficient (Wildman–Crippen LogP) is 5.03. The molecule has 1 N–H and O–H groups in total. The quantitative estimate of drug-likeness (QED) is 0.396. The van der Waals surface area contributed by atoms with Gasteiger partial charge in [0.2, 0.25) is 0 Å². The molecule has 0 radical (unpaired) electrons. The molecule has 0 amide bonds. The molecule has 29 heavy (non-hydrogen) atoms. The van der Waals surface area contributed by atoms with Crippen molar-refractivity contribution in [3.8, 4) is 0 Å². The van der Waals surface area contributed by atoms with Crippen molar-refractivity contribution in [3.63, 3.8) is 0 Å². The number of alkyl halides is 3. The number of nitrogens with one attached hydrogen (secondary N) is 1. The molecule has 0 unspecified atom stereocenters. The van der Waals surface area contributed by atoms with E-state index in [-0.39, 0.29) is 23.0 Å². The summed E-state index contributed by atoms with van der Waals surface area (Å²) in [4.78, 5) is 0. The van der Waals surface area contributed by atoms with E-state index in [1.165, 1.54) is 42.5 Å². The second kappa shape index (κ2) is 8.40. The number of anilines is 2. The Kier molecular flexibility index (Phi) is 6.56. The highest BCUT2D eigenvalue weighted by Gasteiger charge is 2.46. The van der Waals surface area contributed by atoms with Crippen LogP contribution in [0.5, 0.6) is 0 Å². The van der Waals surface area contributed by atoms with E-state index >= 15 is 0 Å². The molecular weight excluding hydrogens is 410 g/mol. The normalized spacial score (nSPS) is 12.9. The van der Waals surface area contributed by atoms with Crippen LogP contribution in [0.4, 0.5) is 28.9 Å². The predicted molar refractivity (Wildman–Crippen MR) is 106 cm³/mol. The van der Waals surface area contributed by atoms with Crippen molar-refractivity contribution in [2.45, 2.75) is 39.2 Å². The minimum Gasteiger partial charge on any atom is -0.275 e. The number of hydrogen-bond donors (Lipinski definition) is 1. The monoisotopic (exact) mass is 431 g/mol. The molecule has 158 valence electrons. The first-order valence-electron chi connectivity index (χ1n) is 8.62. The highest BCUT2D eigenvalue weighted by molar-refractivity contribution is 7.93. The van der Waals surface area contributed by atoms with Crippen molar-refractivity contribution in [1.82, 2.24) is 0 Å². The Balaban J connectivity index is 2.51. The molecule has 0 heterocycles. The van der Waals surface area contributed by atoms with Gasteiger partial charge in [-0.15, -0.1) is 0 Å². The van der Waals surface area contributed by atoms with E-state index in [1.54, 1.807) is 23.6 Å². The molecule has 2 aromatic carbocycles. The van der Waals surface area contributed by atoms with Crippen molar-refractivity contribution in [1.29, 1.82) is 0 Å². The summed E-state index contributed by atoms with van der Waals surface area (Å²) in [5.74, 6) is -0.416. The number of hydrogen-bond acceptors (Lipinski definition) is 4. The maximum Gasteiger partial charge on any atom is 0.516 e. The Hall–Kier alpha value is -2.62. The Morgan fingerprint density at radius 2 is 1.69 bits per heavy atom. The highest BCUT2D eigenvalue weighted by atomic mass is 32.2. The van der Waals surface area contributed by atoms with Gasteiger partial charge in [0.15, 0.2) is 0 Å². The van der Waals surface area contributed by atoms with Crippen LogP contribution in [0.25, 0.3) is 0 Å². The summed E-state index contributed by atoms with van der Waals surface area (Å²) < 4.78 is 76.2. The smallest absolute Gasteiger partial charge is 0.275 e. The molecule has 10 heteroatoms. The Morgan fingerprint density at radius 3 is 2.21 bits per heavy atom. The van der Waals surface area contributed by atoms with E-state index < -0.39 is 21.3 Å². The number of hydrazone groups is 1. The number of benzene rings is 2. The van der Waals surface area contributed by atoms with E-state index in [2.05, 4.69) is 5.10 Å². The topological polar surface area (TPSA) is 61.8 Å². The Labute approximate surface area is 167 Å². The van der Waals surface area contributed by atoms with Crippen LogP contribution >= 0.6 is 0 Å². The molecule has 2 aromatic rings. The van der Waals surface area contributed by atoms with Crippen molar-refractivity contribution >= 4 is 27.1 Å². The number of rotatable bonds is 6. The maximum atomic E-state index is 13.2. The first-order chi connectivity index (χ1) is 13.3. The minimum atomic E-state index is -5.58. The third-order valence-corrected chi connectivity index (χ3v) is 5.05. The van der Waals surface area contributed by atoms with Gasteiger partial charge in [0.25, 0.3) is 0 Å². The summed E-state index contributed by atoms with van der Waals surface area (Å²) in [6, 6.07) is 9.71. The zero-order valence-electron chi connectivity index (χ0n) is 16.2. The van der Waals surface area contributed by atoms with Gasteiger partial charge in [0.05, 0.1) is 17.1 Å². The number of aryl methyl sites for hydroxylation is 1. The van der Waals surface area contributed by atoms with Gasteiger partial charge in [-0.25, -0.2) is 4.39 Å². The van der Waals surface area contributed by atoms with E-state index in [9.17, 15) is 26.0 Å². The second-order valence-electron chi connectivity index (χ2n) is 6.70. The van der Waals surface area contributed by atoms with Crippen molar-refractivity contribution in [2.75, 3.05) is 9.73 Å². The molecule has 0 aliphatic carbocycles. The average Bonchev–Trinajstić information content (AvgIpc) is 2.60. The standard InChI is InChI=1S/C19H21F4N3O2S/c1-12(2)26(16-8-6-15(20)7-9-16)24-14(4)17-11-13(3)5-10-18(17)25-29(27,28)19(21,22)23/h5-12,25H,1-4H3/b24-14+. The van der Waals surface area contributed by atoms with Gasteiger partial charge < -0.3 is 0 Å². The van der Waals surface area contributed by atoms with Crippen LogP contribution in [0.3, 0.4) is 0 Å². The lowest BCUT2D eigenvalue weighted by molar-refractivity contribution is -0.0429. The summed E-state index contributed by atoms with van der Waals surface area (Å²) in [5, 5.41) is 6.02. The van der Waals surface area contributed by atoms with Crippen LogP contribution in [-0.4, -0.2) is 25.7 Å². The number of nitrogens with zero attached hydrogens (tertiary/aromatic N) is 2. The van der Waals surface area contributed by atoms with Crippen LogP contribution in [0, 0.1) is 12.7 Å². The summed E-state index contributed by atoms with van der Waals surface area (Å²) in [7, 11) is -5.58. The molecule has 0 saturated heterocycles. The third kappa shape index (κ3) is 5.47. The third-order valence-electron chi connectivity index (χ3n) is 3.95. The second-order valence-corrected chi connectivity index (χ2v) is 8.37. The van der Waals surface area contributed by atoms with Gasteiger partial charge in [0.1, 0.15) is 5.82 Å². The molecule has 0 aliphatic rings. The molecule has 0 atom stereocenters. The van der Waals surface area contributed by atoms with Crippen molar-refractivity contribution in [2.24, 2.45) is 5.10 Å². The first-order valence-corrected chi connectivity index (χ1v) is 10.1. The summed E-state index contributed by atoms with van der Waals surface area (Å²) in [6.45, 7) is 6.95. The van der Waals surface area contributed by atoms with E-state index in [0.29, 0.717) is 11.3 Å². The molecule has 2 rings (SSSR count). The van der Waals surface area contributed by atoms with E-state index in [1.807, 2.05) is 13.8 Å². The molecule has 0 spiro atoms. The lowest BCUT2D eigenvalue weighted by atomic mass is 10.1. The van der Waals surface area contributed by atoms with Crippen molar-refractivity contribution < 1.29 is 26.0 Å². The minimum absolute atomic E-state index is 0.157. The van der Waals surface area contributed by atoms with Gasteiger partial charge in [-0.05, 0) is 64.1 Å². The summed E-state index contributed by atoms with van der Waals surface area (Å²) in [6.07, 6.45) is 0. The highest BCUT2D eigenvalue weighted by Crippen LogP contribution is 2.28. The van der Waals surface area contributed by atoms with Gasteiger partial charge >= 0.3 is 15.5 Å². The van der Waals surface area contributed by atoms with Crippen LogP contribution < -0.4 is 9.73 Å². The molecule has 5 nitrogen and oxygen atoms in total. The summed E-state index contributed by atoms with van der Waals surface area (Å²) >= 11 is 0. The van der Waals surface area contributed by atoms with Gasteiger partial charge in [-0.1, -0.05) is 11.6 Å². The Morgan fingerprint density at radius 1 is 1.10 bits per heavy atom. The molecule has 0 saturated carbocycles. The number of sulfonamides is 1. The fourth-order valence-corrected chi connectivity index (χ4v) is 3.11.